The maximum Gasteiger partial charge on any atom is 0.237 e. The van der Waals surface area contributed by atoms with Gasteiger partial charge in [-0.15, -0.1) is 0 Å². The summed E-state index contributed by atoms with van der Waals surface area (Å²) in [6, 6.07) is 1.05. The molecular weight excluding hydrogens is 262 g/mol. The number of carbonyl (C=O) groups excluding carboxylic acids is 1. The van der Waals surface area contributed by atoms with Crippen molar-refractivity contribution in [3.63, 3.8) is 0 Å². The number of amides is 1. The first kappa shape index (κ1) is 18.4. The first-order valence-corrected chi connectivity index (χ1v) is 8.81. The SMILES string of the molecule is CCCCN(C(C)CC)C1CCCC(NCC)(C(N)=O)C1. The number of rotatable bonds is 9. The zero-order chi connectivity index (χ0) is 15.9. The van der Waals surface area contributed by atoms with Crippen LogP contribution in [-0.4, -0.2) is 41.5 Å². The zero-order valence-electron chi connectivity index (χ0n) is 14.5. The molecule has 0 heterocycles. The van der Waals surface area contributed by atoms with E-state index in [1.165, 1.54) is 19.3 Å². The summed E-state index contributed by atoms with van der Waals surface area (Å²) < 4.78 is 0. The molecule has 0 aromatic rings. The molecule has 3 N–H and O–H groups in total. The minimum absolute atomic E-state index is 0.173. The Balaban J connectivity index is 2.85. The van der Waals surface area contributed by atoms with Crippen molar-refractivity contribution in [3.8, 4) is 0 Å². The lowest BCUT2D eigenvalue weighted by molar-refractivity contribution is -0.127. The van der Waals surface area contributed by atoms with Crippen molar-refractivity contribution < 1.29 is 4.79 Å². The lowest BCUT2D eigenvalue weighted by Gasteiger charge is -2.45. The van der Waals surface area contributed by atoms with E-state index >= 15 is 0 Å². The van der Waals surface area contributed by atoms with Crippen LogP contribution in [0.25, 0.3) is 0 Å². The molecule has 1 fully saturated rings. The Morgan fingerprint density at radius 1 is 1.43 bits per heavy atom. The molecule has 1 aliphatic carbocycles. The van der Waals surface area contributed by atoms with Gasteiger partial charge in [-0.3, -0.25) is 9.69 Å². The average Bonchev–Trinajstić information content (AvgIpc) is 2.47. The standard InChI is InChI=1S/C17H35N3O/c1-5-8-12-20(14(4)6-2)15-10-9-11-17(13-15,16(18)21)19-7-3/h14-15,19H,5-13H2,1-4H3,(H2,18,21). The molecule has 0 bridgehead atoms. The van der Waals surface area contributed by atoms with Crippen LogP contribution < -0.4 is 11.1 Å². The van der Waals surface area contributed by atoms with Gasteiger partial charge in [-0.05, 0) is 58.5 Å². The summed E-state index contributed by atoms with van der Waals surface area (Å²) in [5, 5.41) is 3.39. The van der Waals surface area contributed by atoms with Crippen LogP contribution in [0.2, 0.25) is 0 Å². The van der Waals surface area contributed by atoms with E-state index < -0.39 is 5.54 Å². The van der Waals surface area contributed by atoms with Gasteiger partial charge in [0, 0.05) is 12.1 Å². The lowest BCUT2D eigenvalue weighted by Crippen LogP contribution is -2.61. The second kappa shape index (κ2) is 8.74. The van der Waals surface area contributed by atoms with Gasteiger partial charge >= 0.3 is 0 Å². The van der Waals surface area contributed by atoms with Crippen molar-refractivity contribution in [3.05, 3.63) is 0 Å². The van der Waals surface area contributed by atoms with E-state index in [0.29, 0.717) is 12.1 Å². The molecule has 0 aliphatic heterocycles. The maximum absolute atomic E-state index is 12.0. The summed E-state index contributed by atoms with van der Waals surface area (Å²) in [5.41, 5.74) is 5.25. The number of likely N-dealkylation sites (N-methyl/N-ethyl adjacent to an activating group) is 1. The van der Waals surface area contributed by atoms with Gasteiger partial charge in [-0.1, -0.05) is 27.2 Å². The Hall–Kier alpha value is -0.610. The molecular formula is C17H35N3O. The Bertz CT molecular complexity index is 317. The quantitative estimate of drug-likeness (QED) is 0.688. The van der Waals surface area contributed by atoms with E-state index in [2.05, 4.69) is 37.9 Å². The summed E-state index contributed by atoms with van der Waals surface area (Å²) in [5.74, 6) is -0.173. The molecule has 4 heteroatoms. The van der Waals surface area contributed by atoms with E-state index in [-0.39, 0.29) is 5.91 Å². The van der Waals surface area contributed by atoms with Crippen molar-refractivity contribution in [2.45, 2.75) is 90.3 Å². The van der Waals surface area contributed by atoms with Crippen molar-refractivity contribution in [1.29, 1.82) is 0 Å². The van der Waals surface area contributed by atoms with Crippen LogP contribution in [0.4, 0.5) is 0 Å². The second-order valence-electron chi connectivity index (χ2n) is 6.58. The minimum Gasteiger partial charge on any atom is -0.368 e. The van der Waals surface area contributed by atoms with Crippen LogP contribution in [0.5, 0.6) is 0 Å². The number of unbranched alkanes of at least 4 members (excludes halogenated alkanes) is 1. The summed E-state index contributed by atoms with van der Waals surface area (Å²) in [6.07, 6.45) is 7.62. The van der Waals surface area contributed by atoms with Crippen LogP contribution in [0.1, 0.15) is 72.6 Å². The molecule has 124 valence electrons. The number of carbonyl (C=O) groups is 1. The molecule has 1 aliphatic rings. The number of nitrogens with zero attached hydrogens (tertiary/aromatic N) is 1. The van der Waals surface area contributed by atoms with Gasteiger partial charge in [0.2, 0.25) is 5.91 Å². The number of hydrogen-bond donors (Lipinski definition) is 2. The molecule has 0 aromatic carbocycles. The highest BCUT2D eigenvalue weighted by Crippen LogP contribution is 2.32. The van der Waals surface area contributed by atoms with Gasteiger partial charge in [-0.25, -0.2) is 0 Å². The van der Waals surface area contributed by atoms with Crippen molar-refractivity contribution in [1.82, 2.24) is 10.2 Å². The smallest absolute Gasteiger partial charge is 0.237 e. The van der Waals surface area contributed by atoms with Gasteiger partial charge in [0.05, 0.1) is 5.54 Å². The Kier molecular flexibility index (Phi) is 7.67. The molecule has 0 aromatic heterocycles. The van der Waals surface area contributed by atoms with Crippen molar-refractivity contribution in [2.75, 3.05) is 13.1 Å². The van der Waals surface area contributed by atoms with Crippen molar-refractivity contribution in [2.24, 2.45) is 5.73 Å². The van der Waals surface area contributed by atoms with E-state index in [0.717, 1.165) is 38.8 Å². The molecule has 1 amide bonds. The number of primary amides is 1. The monoisotopic (exact) mass is 297 g/mol. The fourth-order valence-corrected chi connectivity index (χ4v) is 3.68. The minimum atomic E-state index is -0.490. The van der Waals surface area contributed by atoms with E-state index in [9.17, 15) is 4.79 Å². The van der Waals surface area contributed by atoms with Gasteiger partial charge in [0.25, 0.3) is 0 Å². The van der Waals surface area contributed by atoms with Gasteiger partial charge < -0.3 is 11.1 Å². The van der Waals surface area contributed by atoms with Gasteiger partial charge in [-0.2, -0.15) is 0 Å². The molecule has 1 rings (SSSR count). The third kappa shape index (κ3) is 4.68. The molecule has 1 saturated carbocycles. The summed E-state index contributed by atoms with van der Waals surface area (Å²) in [4.78, 5) is 14.7. The molecule has 3 atom stereocenters. The Labute approximate surface area is 130 Å². The van der Waals surface area contributed by atoms with Crippen LogP contribution in [0.3, 0.4) is 0 Å². The van der Waals surface area contributed by atoms with E-state index in [4.69, 9.17) is 5.73 Å². The van der Waals surface area contributed by atoms with Crippen LogP contribution in [0, 0.1) is 0 Å². The zero-order valence-corrected chi connectivity index (χ0v) is 14.5. The summed E-state index contributed by atoms with van der Waals surface area (Å²) >= 11 is 0. The van der Waals surface area contributed by atoms with E-state index in [1.54, 1.807) is 0 Å². The van der Waals surface area contributed by atoms with Crippen molar-refractivity contribution >= 4 is 5.91 Å². The number of nitrogens with one attached hydrogen (secondary N) is 1. The van der Waals surface area contributed by atoms with E-state index in [1.807, 2.05) is 0 Å². The molecule has 0 radical (unpaired) electrons. The molecule has 3 unspecified atom stereocenters. The second-order valence-corrected chi connectivity index (χ2v) is 6.58. The largest absolute Gasteiger partial charge is 0.368 e. The molecule has 4 nitrogen and oxygen atoms in total. The van der Waals surface area contributed by atoms with Gasteiger partial charge in [0.1, 0.15) is 0 Å². The predicted molar refractivity (Wildman–Crippen MR) is 89.2 cm³/mol. The third-order valence-corrected chi connectivity index (χ3v) is 5.11. The predicted octanol–water partition coefficient (Wildman–Crippen LogP) is 2.66. The molecule has 21 heavy (non-hydrogen) atoms. The van der Waals surface area contributed by atoms with Crippen LogP contribution >= 0.6 is 0 Å². The van der Waals surface area contributed by atoms with Gasteiger partial charge in [0.15, 0.2) is 0 Å². The number of nitrogens with two attached hydrogens (primary N) is 1. The molecule has 0 saturated heterocycles. The topological polar surface area (TPSA) is 58.4 Å². The lowest BCUT2D eigenvalue weighted by atomic mass is 9.77. The first-order chi connectivity index (χ1) is 10.0. The summed E-state index contributed by atoms with van der Waals surface area (Å²) in [6.45, 7) is 10.8. The maximum atomic E-state index is 12.0. The number of hydrogen-bond acceptors (Lipinski definition) is 3. The first-order valence-electron chi connectivity index (χ1n) is 8.81. The highest BCUT2D eigenvalue weighted by Gasteiger charge is 2.42. The van der Waals surface area contributed by atoms with Crippen LogP contribution in [-0.2, 0) is 4.79 Å². The third-order valence-electron chi connectivity index (χ3n) is 5.11. The fourth-order valence-electron chi connectivity index (χ4n) is 3.68. The Morgan fingerprint density at radius 2 is 2.14 bits per heavy atom. The van der Waals surface area contributed by atoms with Crippen LogP contribution in [0.15, 0.2) is 0 Å². The highest BCUT2D eigenvalue weighted by molar-refractivity contribution is 5.84. The normalized spacial score (nSPS) is 27.8. The average molecular weight is 297 g/mol. The molecule has 0 spiro atoms. The summed E-state index contributed by atoms with van der Waals surface area (Å²) in [7, 11) is 0. The highest BCUT2D eigenvalue weighted by atomic mass is 16.1. The fraction of sp³-hybridized carbons (Fsp3) is 0.941. The Morgan fingerprint density at radius 3 is 2.67 bits per heavy atom.